The average molecular weight is 253 g/mol. The molecule has 0 aliphatic heterocycles. The van der Waals surface area contributed by atoms with Crippen LogP contribution in [0.1, 0.15) is 48.2 Å². The van der Waals surface area contributed by atoms with Gasteiger partial charge in [0, 0.05) is 5.56 Å². The van der Waals surface area contributed by atoms with E-state index in [1.165, 1.54) is 12.0 Å². The number of benzene rings is 1. The average Bonchev–Trinajstić information content (AvgIpc) is 2.27. The molecule has 1 aromatic rings. The van der Waals surface area contributed by atoms with Crippen LogP contribution in [0, 0.1) is 0 Å². The number of hydrogen-bond donors (Lipinski definition) is 0. The molecule has 0 saturated heterocycles. The molecule has 2 rings (SSSR count). The summed E-state index contributed by atoms with van der Waals surface area (Å²) in [6.07, 6.45) is 4.38. The number of halogens is 1. The molecule has 0 amide bonds. The van der Waals surface area contributed by atoms with Crippen molar-refractivity contribution in [3.8, 4) is 5.75 Å². The van der Waals surface area contributed by atoms with E-state index in [1.54, 1.807) is 6.07 Å². The van der Waals surface area contributed by atoms with E-state index in [2.05, 4.69) is 6.07 Å². The fourth-order valence-electron chi connectivity index (χ4n) is 2.35. The van der Waals surface area contributed by atoms with Crippen molar-refractivity contribution in [3.63, 3.8) is 0 Å². The highest BCUT2D eigenvalue weighted by molar-refractivity contribution is 6.68. The first-order chi connectivity index (χ1) is 8.08. The lowest BCUT2D eigenvalue weighted by Crippen LogP contribution is -2.11. The Morgan fingerprint density at radius 2 is 2.00 bits per heavy atom. The van der Waals surface area contributed by atoms with Gasteiger partial charge in [0.1, 0.15) is 5.75 Å². The minimum atomic E-state index is -0.377. The summed E-state index contributed by atoms with van der Waals surface area (Å²) in [5.74, 6) is 0.754. The van der Waals surface area contributed by atoms with Crippen molar-refractivity contribution in [2.45, 2.75) is 45.6 Å². The minimum absolute atomic E-state index is 0.106. The van der Waals surface area contributed by atoms with Gasteiger partial charge in [0.25, 0.3) is 5.24 Å². The molecule has 2 nitrogen and oxygen atoms in total. The molecule has 1 aromatic carbocycles. The lowest BCUT2D eigenvalue weighted by molar-refractivity contribution is 0.107. The van der Waals surface area contributed by atoms with Crippen LogP contribution in [0.2, 0.25) is 0 Å². The maximum absolute atomic E-state index is 11.5. The smallest absolute Gasteiger partial charge is 0.252 e. The van der Waals surface area contributed by atoms with Crippen LogP contribution in [0.3, 0.4) is 0 Å². The Bertz CT molecular complexity index is 438. The van der Waals surface area contributed by atoms with Gasteiger partial charge in [0.05, 0.1) is 6.10 Å². The summed E-state index contributed by atoms with van der Waals surface area (Å²) >= 11 is 5.65. The second-order valence-corrected chi connectivity index (χ2v) is 5.10. The Balaban J connectivity index is 2.44. The van der Waals surface area contributed by atoms with Crippen molar-refractivity contribution in [3.05, 3.63) is 28.8 Å². The lowest BCUT2D eigenvalue weighted by atomic mass is 9.88. The molecule has 0 atom stereocenters. The molecule has 0 saturated carbocycles. The molecule has 0 radical (unpaired) electrons. The van der Waals surface area contributed by atoms with E-state index in [1.807, 2.05) is 13.8 Å². The Kier molecular flexibility index (Phi) is 3.72. The van der Waals surface area contributed by atoms with Crippen LogP contribution < -0.4 is 4.74 Å². The Labute approximate surface area is 107 Å². The van der Waals surface area contributed by atoms with Crippen LogP contribution >= 0.6 is 11.6 Å². The largest absolute Gasteiger partial charge is 0.491 e. The van der Waals surface area contributed by atoms with E-state index in [0.717, 1.165) is 30.6 Å². The van der Waals surface area contributed by atoms with Crippen LogP contribution in [-0.4, -0.2) is 11.3 Å². The number of ether oxygens (including phenoxy) is 1. The molecule has 0 N–H and O–H groups in total. The zero-order chi connectivity index (χ0) is 12.4. The molecule has 0 unspecified atom stereocenters. The molecule has 17 heavy (non-hydrogen) atoms. The number of fused-ring (bicyclic) bond motifs is 1. The van der Waals surface area contributed by atoms with Crippen molar-refractivity contribution in [1.29, 1.82) is 0 Å². The van der Waals surface area contributed by atoms with Gasteiger partial charge in [0.15, 0.2) is 0 Å². The van der Waals surface area contributed by atoms with Crippen molar-refractivity contribution < 1.29 is 9.53 Å². The summed E-state index contributed by atoms with van der Waals surface area (Å²) in [7, 11) is 0. The SMILES string of the molecule is CC(C)Oc1cc2c(c(C(=O)Cl)c1)CCCC2. The summed E-state index contributed by atoms with van der Waals surface area (Å²) < 4.78 is 5.66. The third kappa shape index (κ3) is 2.81. The second kappa shape index (κ2) is 5.09. The molecule has 0 heterocycles. The molecular formula is C14H17ClO2. The van der Waals surface area contributed by atoms with Crippen LogP contribution in [0.5, 0.6) is 5.75 Å². The van der Waals surface area contributed by atoms with Crippen LogP contribution in [0.4, 0.5) is 0 Å². The van der Waals surface area contributed by atoms with E-state index in [0.29, 0.717) is 5.56 Å². The van der Waals surface area contributed by atoms with Crippen molar-refractivity contribution in [1.82, 2.24) is 0 Å². The van der Waals surface area contributed by atoms with Gasteiger partial charge in [-0.3, -0.25) is 4.79 Å². The third-order valence-electron chi connectivity index (χ3n) is 3.02. The summed E-state index contributed by atoms with van der Waals surface area (Å²) in [4.78, 5) is 11.5. The zero-order valence-corrected chi connectivity index (χ0v) is 11.0. The van der Waals surface area contributed by atoms with Crippen molar-refractivity contribution >= 4 is 16.8 Å². The number of aryl methyl sites for hydroxylation is 1. The van der Waals surface area contributed by atoms with Crippen LogP contribution in [-0.2, 0) is 12.8 Å². The summed E-state index contributed by atoms with van der Waals surface area (Å²) in [5, 5.41) is -0.377. The van der Waals surface area contributed by atoms with Gasteiger partial charge in [-0.05, 0) is 74.4 Å². The topological polar surface area (TPSA) is 26.3 Å². The predicted octanol–water partition coefficient (Wildman–Crippen LogP) is 3.73. The number of carbonyl (C=O) groups excluding carboxylic acids is 1. The zero-order valence-electron chi connectivity index (χ0n) is 10.3. The maximum atomic E-state index is 11.5. The maximum Gasteiger partial charge on any atom is 0.252 e. The fraction of sp³-hybridized carbons (Fsp3) is 0.500. The van der Waals surface area contributed by atoms with Crippen LogP contribution in [0.25, 0.3) is 0 Å². The fourth-order valence-corrected chi connectivity index (χ4v) is 2.52. The molecule has 0 aromatic heterocycles. The third-order valence-corrected chi connectivity index (χ3v) is 3.23. The van der Waals surface area contributed by atoms with E-state index in [4.69, 9.17) is 16.3 Å². The van der Waals surface area contributed by atoms with Crippen molar-refractivity contribution in [2.24, 2.45) is 0 Å². The first-order valence-corrected chi connectivity index (χ1v) is 6.48. The molecular weight excluding hydrogens is 236 g/mol. The van der Waals surface area contributed by atoms with Gasteiger partial charge in [-0.1, -0.05) is 0 Å². The molecule has 1 aliphatic rings. The van der Waals surface area contributed by atoms with Gasteiger partial charge < -0.3 is 4.74 Å². The highest BCUT2D eigenvalue weighted by Gasteiger charge is 2.18. The molecule has 0 fully saturated rings. The summed E-state index contributed by atoms with van der Waals surface area (Å²) in [5.41, 5.74) is 2.96. The van der Waals surface area contributed by atoms with E-state index >= 15 is 0 Å². The predicted molar refractivity (Wildman–Crippen MR) is 69.0 cm³/mol. The van der Waals surface area contributed by atoms with E-state index in [9.17, 15) is 4.79 Å². The molecule has 1 aliphatic carbocycles. The molecule has 0 spiro atoms. The summed E-state index contributed by atoms with van der Waals surface area (Å²) in [6.45, 7) is 3.95. The van der Waals surface area contributed by atoms with Gasteiger partial charge >= 0.3 is 0 Å². The number of hydrogen-bond acceptors (Lipinski definition) is 2. The highest BCUT2D eigenvalue weighted by Crippen LogP contribution is 2.30. The Hall–Kier alpha value is -1.02. The van der Waals surface area contributed by atoms with Crippen molar-refractivity contribution in [2.75, 3.05) is 0 Å². The van der Waals surface area contributed by atoms with Crippen LogP contribution in [0.15, 0.2) is 12.1 Å². The minimum Gasteiger partial charge on any atom is -0.491 e. The molecule has 3 heteroatoms. The second-order valence-electron chi connectivity index (χ2n) is 4.76. The monoisotopic (exact) mass is 252 g/mol. The lowest BCUT2D eigenvalue weighted by Gasteiger charge is -2.20. The summed E-state index contributed by atoms with van der Waals surface area (Å²) in [6, 6.07) is 3.83. The molecule has 0 bridgehead atoms. The first-order valence-electron chi connectivity index (χ1n) is 6.10. The molecule has 92 valence electrons. The van der Waals surface area contributed by atoms with Gasteiger partial charge in [-0.2, -0.15) is 0 Å². The standard InChI is InChI=1S/C14H17ClO2/c1-9(2)17-11-7-10-5-3-4-6-12(10)13(8-11)14(15)16/h7-9H,3-6H2,1-2H3. The number of rotatable bonds is 3. The highest BCUT2D eigenvalue weighted by atomic mass is 35.5. The first kappa shape index (κ1) is 12.4. The van der Waals surface area contributed by atoms with E-state index in [-0.39, 0.29) is 11.3 Å². The Morgan fingerprint density at radius 1 is 1.29 bits per heavy atom. The quantitative estimate of drug-likeness (QED) is 0.767. The number of carbonyl (C=O) groups is 1. The normalized spacial score (nSPS) is 14.6. The van der Waals surface area contributed by atoms with Gasteiger partial charge in [-0.15, -0.1) is 0 Å². The van der Waals surface area contributed by atoms with E-state index < -0.39 is 0 Å². The Morgan fingerprint density at radius 3 is 2.65 bits per heavy atom. The van der Waals surface area contributed by atoms with Gasteiger partial charge in [-0.25, -0.2) is 0 Å². The van der Waals surface area contributed by atoms with Gasteiger partial charge in [0.2, 0.25) is 0 Å².